The zero-order valence-electron chi connectivity index (χ0n) is 22.6. The first kappa shape index (κ1) is 25.1. The summed E-state index contributed by atoms with van der Waals surface area (Å²) in [7, 11) is 0. The lowest BCUT2D eigenvalue weighted by Gasteiger charge is -2.14. The Morgan fingerprint density at radius 2 is 0.833 bits per heavy atom. The summed E-state index contributed by atoms with van der Waals surface area (Å²) < 4.78 is 0. The van der Waals surface area contributed by atoms with Crippen LogP contribution in [0.15, 0.2) is 146 Å². The highest BCUT2D eigenvalue weighted by atomic mass is 15.0. The lowest BCUT2D eigenvalue weighted by Crippen LogP contribution is -2.00. The molecule has 0 fully saturated rings. The molecule has 0 spiro atoms. The van der Waals surface area contributed by atoms with Crippen LogP contribution in [0.4, 0.5) is 0 Å². The Labute approximate surface area is 244 Å². The van der Waals surface area contributed by atoms with Crippen LogP contribution in [0.25, 0.3) is 67.2 Å². The van der Waals surface area contributed by atoms with Crippen LogP contribution in [0.1, 0.15) is 5.56 Å². The molecule has 7 rings (SSSR count). The Kier molecular flexibility index (Phi) is 6.52. The average Bonchev–Trinajstić information content (AvgIpc) is 3.08. The van der Waals surface area contributed by atoms with E-state index in [1.807, 2.05) is 91.0 Å². The van der Waals surface area contributed by atoms with Crippen molar-refractivity contribution in [2.24, 2.45) is 0 Å². The first-order valence-corrected chi connectivity index (χ1v) is 13.8. The monoisotopic (exact) mass is 536 g/mol. The minimum absolute atomic E-state index is 0.621. The van der Waals surface area contributed by atoms with Crippen LogP contribution in [-0.2, 0) is 0 Å². The van der Waals surface area contributed by atoms with Crippen LogP contribution < -0.4 is 0 Å². The van der Waals surface area contributed by atoms with E-state index in [9.17, 15) is 5.26 Å². The van der Waals surface area contributed by atoms with Crippen molar-refractivity contribution < 1.29 is 0 Å². The topological polar surface area (TPSA) is 62.5 Å². The summed E-state index contributed by atoms with van der Waals surface area (Å²) in [5, 5.41) is 12.0. The molecule has 0 saturated heterocycles. The third-order valence-corrected chi connectivity index (χ3v) is 7.40. The summed E-state index contributed by atoms with van der Waals surface area (Å²) in [5.41, 5.74) is 7.61. The van der Waals surface area contributed by atoms with E-state index in [-0.39, 0.29) is 0 Å². The molecule has 42 heavy (non-hydrogen) atoms. The maximum absolute atomic E-state index is 9.80. The molecule has 0 radical (unpaired) electrons. The second kappa shape index (κ2) is 10.9. The van der Waals surface area contributed by atoms with Gasteiger partial charge in [-0.2, -0.15) is 5.26 Å². The molecule has 0 bridgehead atoms. The predicted molar refractivity (Wildman–Crippen MR) is 169 cm³/mol. The fraction of sp³-hybridized carbons (Fsp3) is 0. The highest BCUT2D eigenvalue weighted by Gasteiger charge is 2.15. The van der Waals surface area contributed by atoms with Gasteiger partial charge in [-0.25, -0.2) is 15.0 Å². The van der Waals surface area contributed by atoms with Crippen molar-refractivity contribution in [3.63, 3.8) is 0 Å². The first-order chi connectivity index (χ1) is 20.8. The Bertz CT molecular complexity index is 2010. The molecule has 6 aromatic carbocycles. The Morgan fingerprint density at radius 1 is 0.381 bits per heavy atom. The van der Waals surface area contributed by atoms with Crippen LogP contribution in [0, 0.1) is 11.3 Å². The van der Waals surface area contributed by atoms with Crippen molar-refractivity contribution in [2.75, 3.05) is 0 Å². The third kappa shape index (κ3) is 4.70. The highest BCUT2D eigenvalue weighted by molar-refractivity contribution is 6.07. The minimum Gasteiger partial charge on any atom is -0.208 e. The summed E-state index contributed by atoms with van der Waals surface area (Å²) in [4.78, 5) is 14.5. The van der Waals surface area contributed by atoms with E-state index in [1.165, 1.54) is 0 Å². The first-order valence-electron chi connectivity index (χ1n) is 13.8. The summed E-state index contributed by atoms with van der Waals surface area (Å²) >= 11 is 0. The zero-order valence-corrected chi connectivity index (χ0v) is 22.6. The Morgan fingerprint density at radius 3 is 1.40 bits per heavy atom. The van der Waals surface area contributed by atoms with Gasteiger partial charge in [-0.1, -0.05) is 140 Å². The molecule has 0 N–H and O–H groups in total. The predicted octanol–water partition coefficient (Wildman–Crippen LogP) is 9.23. The van der Waals surface area contributed by atoms with Gasteiger partial charge in [-0.3, -0.25) is 0 Å². The zero-order chi connectivity index (χ0) is 28.3. The molecule has 1 aromatic heterocycles. The molecular formula is C38H24N4. The van der Waals surface area contributed by atoms with Gasteiger partial charge in [0, 0.05) is 22.3 Å². The van der Waals surface area contributed by atoms with Crippen molar-refractivity contribution in [1.29, 1.82) is 5.26 Å². The number of fused-ring (bicyclic) bond motifs is 1. The van der Waals surface area contributed by atoms with Gasteiger partial charge < -0.3 is 0 Å². The molecule has 0 aliphatic heterocycles. The number of rotatable bonds is 5. The molecule has 7 aromatic rings. The Balaban J connectivity index is 1.35. The van der Waals surface area contributed by atoms with E-state index in [0.29, 0.717) is 23.0 Å². The summed E-state index contributed by atoms with van der Waals surface area (Å²) in [5.74, 6) is 1.90. The number of nitrogens with zero attached hydrogens (tertiary/aromatic N) is 4. The van der Waals surface area contributed by atoms with Crippen molar-refractivity contribution >= 4 is 10.8 Å². The van der Waals surface area contributed by atoms with Crippen molar-refractivity contribution in [1.82, 2.24) is 15.0 Å². The van der Waals surface area contributed by atoms with Crippen LogP contribution in [0.3, 0.4) is 0 Å². The van der Waals surface area contributed by atoms with E-state index in [2.05, 4.69) is 60.7 Å². The summed E-state index contributed by atoms with van der Waals surface area (Å²) in [6, 6.07) is 51.1. The second-order valence-electron chi connectivity index (χ2n) is 9.98. The Hall–Kier alpha value is -5.92. The van der Waals surface area contributed by atoms with E-state index < -0.39 is 0 Å². The van der Waals surface area contributed by atoms with Crippen LogP contribution in [0.2, 0.25) is 0 Å². The number of benzene rings is 6. The smallest absolute Gasteiger partial charge is 0.164 e. The van der Waals surface area contributed by atoms with Gasteiger partial charge in [0.05, 0.1) is 11.6 Å². The van der Waals surface area contributed by atoms with E-state index in [4.69, 9.17) is 15.0 Å². The maximum Gasteiger partial charge on any atom is 0.164 e. The number of hydrogen-bond donors (Lipinski definition) is 0. The number of nitriles is 1. The molecule has 0 aliphatic carbocycles. The summed E-state index contributed by atoms with van der Waals surface area (Å²) in [6.45, 7) is 0. The van der Waals surface area contributed by atoms with Crippen molar-refractivity contribution in [3.05, 3.63) is 151 Å². The van der Waals surface area contributed by atoms with Gasteiger partial charge in [-0.05, 0) is 33.5 Å². The second-order valence-corrected chi connectivity index (χ2v) is 9.98. The van der Waals surface area contributed by atoms with Gasteiger partial charge in [-0.15, -0.1) is 0 Å². The van der Waals surface area contributed by atoms with E-state index >= 15 is 0 Å². The standard InChI is InChI=1S/C38H24N4/c39-25-31-15-7-8-18-32(31)34-20-10-17-27-16-9-19-33(35(27)34)26-21-23-30(24-22-26)38-41-36(28-11-3-1-4-12-28)40-37(42-38)29-13-5-2-6-14-29/h1-24H. The molecule has 0 aliphatic rings. The lowest BCUT2D eigenvalue weighted by molar-refractivity contribution is 1.07. The molecule has 0 saturated carbocycles. The molecular weight excluding hydrogens is 512 g/mol. The van der Waals surface area contributed by atoms with Gasteiger partial charge in [0.1, 0.15) is 0 Å². The van der Waals surface area contributed by atoms with Crippen LogP contribution in [0.5, 0.6) is 0 Å². The molecule has 4 nitrogen and oxygen atoms in total. The minimum atomic E-state index is 0.621. The van der Waals surface area contributed by atoms with Gasteiger partial charge in [0.15, 0.2) is 17.5 Å². The van der Waals surface area contributed by atoms with Gasteiger partial charge >= 0.3 is 0 Å². The largest absolute Gasteiger partial charge is 0.208 e. The quantitative estimate of drug-likeness (QED) is 0.220. The molecule has 196 valence electrons. The molecule has 4 heteroatoms. The van der Waals surface area contributed by atoms with E-state index in [0.717, 1.165) is 49.7 Å². The molecule has 0 unspecified atom stereocenters. The van der Waals surface area contributed by atoms with Crippen molar-refractivity contribution in [2.45, 2.75) is 0 Å². The SMILES string of the molecule is N#Cc1ccccc1-c1cccc2cccc(-c3ccc(-c4nc(-c5ccccc5)nc(-c5ccccc5)n4)cc3)c12. The molecule has 0 amide bonds. The van der Waals surface area contributed by atoms with Crippen LogP contribution in [-0.4, -0.2) is 15.0 Å². The number of hydrogen-bond acceptors (Lipinski definition) is 4. The summed E-state index contributed by atoms with van der Waals surface area (Å²) in [6.07, 6.45) is 0. The van der Waals surface area contributed by atoms with Gasteiger partial charge in [0.2, 0.25) is 0 Å². The normalized spacial score (nSPS) is 10.8. The van der Waals surface area contributed by atoms with Crippen LogP contribution >= 0.6 is 0 Å². The number of aromatic nitrogens is 3. The molecule has 1 heterocycles. The highest BCUT2D eigenvalue weighted by Crippen LogP contribution is 2.38. The molecule has 0 atom stereocenters. The fourth-order valence-corrected chi connectivity index (χ4v) is 5.36. The fourth-order valence-electron chi connectivity index (χ4n) is 5.36. The average molecular weight is 537 g/mol. The third-order valence-electron chi connectivity index (χ3n) is 7.40. The maximum atomic E-state index is 9.80. The van der Waals surface area contributed by atoms with Gasteiger partial charge in [0.25, 0.3) is 0 Å². The van der Waals surface area contributed by atoms with Crippen molar-refractivity contribution in [3.8, 4) is 62.5 Å². The lowest BCUT2D eigenvalue weighted by atomic mass is 9.89. The van der Waals surface area contributed by atoms with E-state index in [1.54, 1.807) is 0 Å².